The summed E-state index contributed by atoms with van der Waals surface area (Å²) in [6.07, 6.45) is 4.27. The molecule has 2 aromatic rings. The van der Waals surface area contributed by atoms with Gasteiger partial charge in [0.15, 0.2) is 5.84 Å². The molecule has 1 fully saturated rings. The van der Waals surface area contributed by atoms with Crippen LogP contribution in [0.4, 0.5) is 0 Å². The summed E-state index contributed by atoms with van der Waals surface area (Å²) in [5, 5.41) is 18.7. The Bertz CT molecular complexity index is 830. The van der Waals surface area contributed by atoms with E-state index in [4.69, 9.17) is 5.41 Å². The molecule has 1 aromatic carbocycles. The van der Waals surface area contributed by atoms with Gasteiger partial charge in [0.1, 0.15) is 5.75 Å². The molecule has 1 aliphatic rings. The molecule has 2 heterocycles. The summed E-state index contributed by atoms with van der Waals surface area (Å²) in [6, 6.07) is 9.41. The third kappa shape index (κ3) is 2.67. The average Bonchev–Trinajstić information content (AvgIpc) is 2.85. The molecule has 3 N–H and O–H groups in total. The number of hydrazine groups is 1. The number of hydrogen-bond donors (Lipinski definition) is 3. The lowest BCUT2D eigenvalue weighted by atomic mass is 10.1. The van der Waals surface area contributed by atoms with Gasteiger partial charge in [0.2, 0.25) is 0 Å². The van der Waals surface area contributed by atoms with Crippen LogP contribution < -0.4 is 5.43 Å². The number of aromatic nitrogens is 1. The maximum Gasteiger partial charge on any atom is 0.278 e. The number of benzene rings is 1. The quantitative estimate of drug-likeness (QED) is 0.728. The molecular weight excluding hydrogens is 296 g/mol. The Balaban J connectivity index is 1.92. The van der Waals surface area contributed by atoms with Gasteiger partial charge in [-0.05, 0) is 24.3 Å². The number of phenols is 1. The third-order valence-electron chi connectivity index (χ3n) is 3.30. The Morgan fingerprint density at radius 2 is 1.91 bits per heavy atom. The highest BCUT2D eigenvalue weighted by molar-refractivity contribution is 6.31. The van der Waals surface area contributed by atoms with Crippen LogP contribution in [0.15, 0.2) is 54.4 Å². The van der Waals surface area contributed by atoms with E-state index in [-0.39, 0.29) is 17.2 Å². The number of pyridine rings is 1. The number of aromatic hydroxyl groups is 1. The second kappa shape index (κ2) is 5.72. The SMILES string of the molecule is N=C1/C(=C/c2ccccc2O)C(=O)NN1C(=O)c1ccncc1. The van der Waals surface area contributed by atoms with Gasteiger partial charge < -0.3 is 5.11 Å². The number of hydrogen-bond acceptors (Lipinski definition) is 5. The van der Waals surface area contributed by atoms with Crippen LogP contribution in [0.2, 0.25) is 0 Å². The van der Waals surface area contributed by atoms with Crippen LogP contribution in [0.1, 0.15) is 15.9 Å². The van der Waals surface area contributed by atoms with Gasteiger partial charge in [-0.25, -0.2) is 0 Å². The van der Waals surface area contributed by atoms with Crippen LogP contribution in [-0.2, 0) is 4.79 Å². The van der Waals surface area contributed by atoms with E-state index in [1.807, 2.05) is 0 Å². The Labute approximate surface area is 131 Å². The molecule has 7 heteroatoms. The molecule has 0 aliphatic carbocycles. The molecule has 0 atom stereocenters. The topological polar surface area (TPSA) is 106 Å². The van der Waals surface area contributed by atoms with Crippen LogP contribution in [-0.4, -0.2) is 32.7 Å². The zero-order chi connectivity index (χ0) is 16.4. The van der Waals surface area contributed by atoms with Crippen molar-refractivity contribution in [2.24, 2.45) is 0 Å². The molecule has 1 aliphatic heterocycles. The molecule has 114 valence electrons. The van der Waals surface area contributed by atoms with E-state index in [0.29, 0.717) is 11.1 Å². The van der Waals surface area contributed by atoms with Crippen molar-refractivity contribution >= 4 is 23.7 Å². The number of rotatable bonds is 2. The highest BCUT2D eigenvalue weighted by atomic mass is 16.3. The van der Waals surface area contributed by atoms with E-state index >= 15 is 0 Å². The van der Waals surface area contributed by atoms with E-state index in [2.05, 4.69) is 10.4 Å². The lowest BCUT2D eigenvalue weighted by Gasteiger charge is -2.14. The normalized spacial score (nSPS) is 15.8. The molecule has 7 nitrogen and oxygen atoms in total. The van der Waals surface area contributed by atoms with Crippen molar-refractivity contribution in [1.82, 2.24) is 15.4 Å². The van der Waals surface area contributed by atoms with Gasteiger partial charge in [0.25, 0.3) is 11.8 Å². The van der Waals surface area contributed by atoms with Gasteiger partial charge in [-0.1, -0.05) is 18.2 Å². The van der Waals surface area contributed by atoms with Crippen LogP contribution in [0.25, 0.3) is 6.08 Å². The fraction of sp³-hybridized carbons (Fsp3) is 0. The van der Waals surface area contributed by atoms with Gasteiger partial charge in [0, 0.05) is 23.5 Å². The first-order chi connectivity index (χ1) is 11.1. The minimum Gasteiger partial charge on any atom is -0.507 e. The van der Waals surface area contributed by atoms with Crippen molar-refractivity contribution in [2.45, 2.75) is 0 Å². The summed E-state index contributed by atoms with van der Waals surface area (Å²) < 4.78 is 0. The monoisotopic (exact) mass is 308 g/mol. The van der Waals surface area contributed by atoms with E-state index in [1.165, 1.54) is 36.7 Å². The average molecular weight is 308 g/mol. The van der Waals surface area contributed by atoms with Crippen molar-refractivity contribution in [2.75, 3.05) is 0 Å². The number of amidine groups is 1. The first kappa shape index (κ1) is 14.5. The Hall–Kier alpha value is -3.48. The number of nitrogens with one attached hydrogen (secondary N) is 2. The maximum atomic E-state index is 12.3. The molecule has 1 aromatic heterocycles. The molecule has 3 rings (SSSR count). The molecule has 2 amide bonds. The van der Waals surface area contributed by atoms with Crippen molar-refractivity contribution in [3.8, 4) is 5.75 Å². The van der Waals surface area contributed by atoms with E-state index in [9.17, 15) is 14.7 Å². The molecular formula is C16H12N4O3. The highest BCUT2D eigenvalue weighted by Crippen LogP contribution is 2.22. The Morgan fingerprint density at radius 1 is 1.22 bits per heavy atom. The smallest absolute Gasteiger partial charge is 0.278 e. The van der Waals surface area contributed by atoms with E-state index in [1.54, 1.807) is 18.2 Å². The Morgan fingerprint density at radius 3 is 2.61 bits per heavy atom. The predicted molar refractivity (Wildman–Crippen MR) is 82.4 cm³/mol. The number of carbonyl (C=O) groups excluding carboxylic acids is 2. The molecule has 0 saturated carbocycles. The van der Waals surface area contributed by atoms with Crippen molar-refractivity contribution < 1.29 is 14.7 Å². The van der Waals surface area contributed by atoms with Crippen LogP contribution in [0, 0.1) is 5.41 Å². The minimum atomic E-state index is -0.583. The lowest BCUT2D eigenvalue weighted by Crippen LogP contribution is -2.40. The second-order valence-electron chi connectivity index (χ2n) is 4.78. The predicted octanol–water partition coefficient (Wildman–Crippen LogP) is 1.34. The van der Waals surface area contributed by atoms with Crippen LogP contribution in [0.5, 0.6) is 5.75 Å². The van der Waals surface area contributed by atoms with E-state index < -0.39 is 11.8 Å². The second-order valence-corrected chi connectivity index (χ2v) is 4.78. The first-order valence-corrected chi connectivity index (χ1v) is 6.72. The first-order valence-electron chi connectivity index (χ1n) is 6.72. The Kier molecular flexibility index (Phi) is 3.60. The summed E-state index contributed by atoms with van der Waals surface area (Å²) in [5.74, 6) is -1.41. The summed E-state index contributed by atoms with van der Waals surface area (Å²) >= 11 is 0. The van der Waals surface area contributed by atoms with Crippen molar-refractivity contribution in [3.05, 3.63) is 65.5 Å². The number of amides is 2. The summed E-state index contributed by atoms with van der Waals surface area (Å²) in [4.78, 5) is 28.2. The van der Waals surface area contributed by atoms with Crippen molar-refractivity contribution in [1.29, 1.82) is 5.41 Å². The number of para-hydroxylation sites is 1. The summed E-state index contributed by atoms with van der Waals surface area (Å²) in [7, 11) is 0. The van der Waals surface area contributed by atoms with Crippen LogP contribution >= 0.6 is 0 Å². The zero-order valence-electron chi connectivity index (χ0n) is 11.9. The third-order valence-corrected chi connectivity index (χ3v) is 3.30. The maximum absolute atomic E-state index is 12.3. The summed E-state index contributed by atoms with van der Waals surface area (Å²) in [6.45, 7) is 0. The molecule has 0 radical (unpaired) electrons. The number of phenolic OH excluding ortho intramolecular Hbond substituents is 1. The standard InChI is InChI=1S/C16H12N4O3/c17-14-12(9-11-3-1-2-4-13(11)21)15(22)19-20(14)16(23)10-5-7-18-8-6-10/h1-9,17,21H,(H,19,22)/b12-9-,17-14?. The fourth-order valence-corrected chi connectivity index (χ4v) is 2.12. The van der Waals surface area contributed by atoms with E-state index in [0.717, 1.165) is 5.01 Å². The lowest BCUT2D eigenvalue weighted by molar-refractivity contribution is -0.118. The van der Waals surface area contributed by atoms with Gasteiger partial charge in [-0.2, -0.15) is 5.01 Å². The molecule has 0 spiro atoms. The van der Waals surface area contributed by atoms with Gasteiger partial charge in [0.05, 0.1) is 5.57 Å². The fourth-order valence-electron chi connectivity index (χ4n) is 2.12. The van der Waals surface area contributed by atoms with Gasteiger partial charge >= 0.3 is 0 Å². The largest absolute Gasteiger partial charge is 0.507 e. The number of nitrogens with zero attached hydrogens (tertiary/aromatic N) is 2. The van der Waals surface area contributed by atoms with Crippen molar-refractivity contribution in [3.63, 3.8) is 0 Å². The minimum absolute atomic E-state index is 0.00564. The van der Waals surface area contributed by atoms with Gasteiger partial charge in [-0.15, -0.1) is 0 Å². The van der Waals surface area contributed by atoms with Gasteiger partial charge in [-0.3, -0.25) is 25.4 Å². The molecule has 1 saturated heterocycles. The highest BCUT2D eigenvalue weighted by Gasteiger charge is 2.35. The molecule has 23 heavy (non-hydrogen) atoms. The van der Waals surface area contributed by atoms with Crippen LogP contribution in [0.3, 0.4) is 0 Å². The number of carbonyl (C=O) groups is 2. The zero-order valence-corrected chi connectivity index (χ0v) is 11.9. The molecule has 0 bridgehead atoms. The summed E-state index contributed by atoms with van der Waals surface area (Å²) in [5.41, 5.74) is 3.03. The molecule has 0 unspecified atom stereocenters.